The summed E-state index contributed by atoms with van der Waals surface area (Å²) in [4.78, 5) is 2.54. The van der Waals surface area contributed by atoms with Crippen LogP contribution in [0.2, 0.25) is 0 Å². The Morgan fingerprint density at radius 2 is 1.61 bits per heavy atom. The van der Waals surface area contributed by atoms with Crippen LogP contribution in [-0.4, -0.2) is 18.0 Å². The van der Waals surface area contributed by atoms with Gasteiger partial charge in [-0.05, 0) is 36.0 Å². The van der Waals surface area contributed by atoms with Gasteiger partial charge in [0.25, 0.3) is 0 Å². The first-order chi connectivity index (χ1) is 8.40. The number of rotatable bonds is 6. The summed E-state index contributed by atoms with van der Waals surface area (Å²) in [6.07, 6.45) is 0. The van der Waals surface area contributed by atoms with E-state index < -0.39 is 0 Å². The third-order valence-electron chi connectivity index (χ3n) is 3.13. The maximum absolute atomic E-state index is 5.98. The summed E-state index contributed by atoms with van der Waals surface area (Å²) in [6.45, 7) is 14.5. The zero-order valence-electron chi connectivity index (χ0n) is 12.5. The van der Waals surface area contributed by atoms with Gasteiger partial charge in [0.2, 0.25) is 0 Å². The molecule has 0 fully saturated rings. The molecule has 0 saturated carbocycles. The van der Waals surface area contributed by atoms with E-state index in [4.69, 9.17) is 5.73 Å². The Morgan fingerprint density at radius 1 is 1.06 bits per heavy atom. The highest BCUT2D eigenvalue weighted by atomic mass is 15.1. The number of nitrogens with two attached hydrogens (primary N) is 1. The quantitative estimate of drug-likeness (QED) is 0.778. The van der Waals surface area contributed by atoms with E-state index in [1.807, 2.05) is 6.07 Å². The van der Waals surface area contributed by atoms with Gasteiger partial charge in [-0.1, -0.05) is 39.8 Å². The molecule has 102 valence electrons. The van der Waals surface area contributed by atoms with Crippen LogP contribution < -0.4 is 5.73 Å². The third-order valence-corrected chi connectivity index (χ3v) is 3.13. The van der Waals surface area contributed by atoms with E-state index in [1.54, 1.807) is 0 Å². The smallest absolute Gasteiger partial charge is 0.0346 e. The van der Waals surface area contributed by atoms with Gasteiger partial charge >= 0.3 is 0 Å². The van der Waals surface area contributed by atoms with Crippen molar-refractivity contribution in [1.82, 2.24) is 4.90 Å². The highest BCUT2D eigenvalue weighted by Crippen LogP contribution is 2.18. The number of anilines is 1. The van der Waals surface area contributed by atoms with Gasteiger partial charge in [-0.2, -0.15) is 0 Å². The lowest BCUT2D eigenvalue weighted by molar-refractivity contribution is 0.211. The molecule has 0 atom stereocenters. The van der Waals surface area contributed by atoms with Crippen LogP contribution in [0.25, 0.3) is 0 Å². The first-order valence-electron chi connectivity index (χ1n) is 6.96. The molecule has 0 amide bonds. The summed E-state index contributed by atoms with van der Waals surface area (Å²) < 4.78 is 0. The predicted molar refractivity (Wildman–Crippen MR) is 80.5 cm³/mol. The molecule has 1 aromatic rings. The minimum atomic E-state index is 0.699. The van der Waals surface area contributed by atoms with Crippen molar-refractivity contribution >= 4 is 5.69 Å². The Morgan fingerprint density at radius 3 is 2.11 bits per heavy atom. The molecule has 0 radical (unpaired) electrons. The molecule has 0 saturated heterocycles. The van der Waals surface area contributed by atoms with Gasteiger partial charge < -0.3 is 5.73 Å². The van der Waals surface area contributed by atoms with Crippen LogP contribution in [0.1, 0.15) is 38.8 Å². The first-order valence-corrected chi connectivity index (χ1v) is 6.96. The van der Waals surface area contributed by atoms with Gasteiger partial charge in [0.1, 0.15) is 0 Å². The van der Waals surface area contributed by atoms with E-state index in [9.17, 15) is 0 Å². The Hall–Kier alpha value is -1.02. The monoisotopic (exact) mass is 248 g/mol. The van der Waals surface area contributed by atoms with Crippen molar-refractivity contribution < 1.29 is 0 Å². The van der Waals surface area contributed by atoms with E-state index in [2.05, 4.69) is 51.7 Å². The molecule has 2 N–H and O–H groups in total. The number of benzene rings is 1. The molecule has 1 rings (SSSR count). The number of nitrogen functional groups attached to an aromatic ring is 1. The molecule has 18 heavy (non-hydrogen) atoms. The summed E-state index contributed by atoms with van der Waals surface area (Å²) in [7, 11) is 0. The fourth-order valence-corrected chi connectivity index (χ4v) is 2.35. The van der Waals surface area contributed by atoms with Crippen molar-refractivity contribution in [2.24, 2.45) is 11.8 Å². The van der Waals surface area contributed by atoms with Gasteiger partial charge in [0.05, 0.1) is 0 Å². The lowest BCUT2D eigenvalue weighted by atomic mass is 10.0. The number of hydrogen-bond donors (Lipinski definition) is 1. The average Bonchev–Trinajstić information content (AvgIpc) is 2.23. The summed E-state index contributed by atoms with van der Waals surface area (Å²) in [5, 5.41) is 0. The highest BCUT2D eigenvalue weighted by molar-refractivity contribution is 5.49. The lowest BCUT2D eigenvalue weighted by Crippen LogP contribution is -2.31. The van der Waals surface area contributed by atoms with Crippen LogP contribution in [-0.2, 0) is 6.54 Å². The molecule has 0 unspecified atom stereocenters. The molecule has 0 heterocycles. The molecule has 0 aromatic heterocycles. The van der Waals surface area contributed by atoms with Crippen molar-refractivity contribution in [2.75, 3.05) is 18.8 Å². The second-order valence-corrected chi connectivity index (χ2v) is 6.11. The molecule has 0 aliphatic heterocycles. The summed E-state index contributed by atoms with van der Waals surface area (Å²) in [5.41, 5.74) is 9.47. The van der Waals surface area contributed by atoms with Crippen LogP contribution >= 0.6 is 0 Å². The second kappa shape index (κ2) is 6.79. The fraction of sp³-hybridized carbons (Fsp3) is 0.625. The molecule has 2 heteroatoms. The highest BCUT2D eigenvalue weighted by Gasteiger charge is 2.12. The Labute approximate surface area is 112 Å². The normalized spacial score (nSPS) is 11.8. The Bertz CT molecular complexity index is 359. The first kappa shape index (κ1) is 15.0. The van der Waals surface area contributed by atoms with Crippen LogP contribution in [0.15, 0.2) is 18.2 Å². The third kappa shape index (κ3) is 4.69. The largest absolute Gasteiger partial charge is 0.399 e. The maximum atomic E-state index is 5.98. The van der Waals surface area contributed by atoms with Crippen molar-refractivity contribution in [1.29, 1.82) is 0 Å². The van der Waals surface area contributed by atoms with Crippen molar-refractivity contribution in [3.63, 3.8) is 0 Å². The van der Waals surface area contributed by atoms with Crippen LogP contribution in [0, 0.1) is 18.8 Å². The molecule has 0 aliphatic rings. The Kier molecular flexibility index (Phi) is 5.67. The topological polar surface area (TPSA) is 29.3 Å². The van der Waals surface area contributed by atoms with Crippen molar-refractivity contribution in [3.8, 4) is 0 Å². The molecule has 2 nitrogen and oxygen atoms in total. The standard InChI is InChI=1S/C16H28N2/c1-12(2)9-18(10-13(3)4)11-15-7-6-8-16(17)14(15)5/h6-8,12-13H,9-11,17H2,1-5H3. The van der Waals surface area contributed by atoms with Gasteiger partial charge in [0, 0.05) is 25.3 Å². The summed E-state index contributed by atoms with van der Waals surface area (Å²) in [5.74, 6) is 1.40. The molecular weight excluding hydrogens is 220 g/mol. The summed E-state index contributed by atoms with van der Waals surface area (Å²) in [6, 6.07) is 6.23. The van der Waals surface area contributed by atoms with E-state index in [-0.39, 0.29) is 0 Å². The van der Waals surface area contributed by atoms with E-state index in [0.717, 1.165) is 25.3 Å². The summed E-state index contributed by atoms with van der Waals surface area (Å²) >= 11 is 0. The zero-order chi connectivity index (χ0) is 13.7. The van der Waals surface area contributed by atoms with Crippen molar-refractivity contribution in [3.05, 3.63) is 29.3 Å². The minimum absolute atomic E-state index is 0.699. The van der Waals surface area contributed by atoms with Gasteiger partial charge in [-0.25, -0.2) is 0 Å². The zero-order valence-corrected chi connectivity index (χ0v) is 12.5. The van der Waals surface area contributed by atoms with Crippen molar-refractivity contribution in [2.45, 2.75) is 41.2 Å². The molecule has 0 bridgehead atoms. The number of nitrogens with zero attached hydrogens (tertiary/aromatic N) is 1. The minimum Gasteiger partial charge on any atom is -0.399 e. The maximum Gasteiger partial charge on any atom is 0.0346 e. The van der Waals surface area contributed by atoms with Crippen LogP contribution in [0.3, 0.4) is 0 Å². The predicted octanol–water partition coefficient (Wildman–Crippen LogP) is 3.69. The lowest BCUT2D eigenvalue weighted by Gasteiger charge is -2.27. The van der Waals surface area contributed by atoms with E-state index >= 15 is 0 Å². The molecular formula is C16H28N2. The molecule has 1 aromatic carbocycles. The average molecular weight is 248 g/mol. The Balaban J connectivity index is 2.78. The number of hydrogen-bond acceptors (Lipinski definition) is 2. The van der Waals surface area contributed by atoms with E-state index in [1.165, 1.54) is 11.1 Å². The molecule has 0 spiro atoms. The van der Waals surface area contributed by atoms with Crippen LogP contribution in [0.4, 0.5) is 5.69 Å². The second-order valence-electron chi connectivity index (χ2n) is 6.11. The van der Waals surface area contributed by atoms with Gasteiger partial charge in [-0.3, -0.25) is 4.90 Å². The fourth-order valence-electron chi connectivity index (χ4n) is 2.35. The molecule has 0 aliphatic carbocycles. The van der Waals surface area contributed by atoms with Crippen LogP contribution in [0.5, 0.6) is 0 Å². The van der Waals surface area contributed by atoms with Gasteiger partial charge in [-0.15, -0.1) is 0 Å². The SMILES string of the molecule is Cc1c(N)cccc1CN(CC(C)C)CC(C)C. The van der Waals surface area contributed by atoms with Gasteiger partial charge in [0.15, 0.2) is 0 Å². The van der Waals surface area contributed by atoms with E-state index in [0.29, 0.717) is 11.8 Å².